The quantitative estimate of drug-likeness (QED) is 0.829. The largest absolute Gasteiger partial charge is 0.496 e. The molecule has 0 saturated carbocycles. The maximum absolute atomic E-state index is 12.3. The van der Waals surface area contributed by atoms with Crippen LogP contribution >= 0.6 is 15.9 Å². The van der Waals surface area contributed by atoms with Gasteiger partial charge in [0.25, 0.3) is 0 Å². The van der Waals surface area contributed by atoms with E-state index in [0.717, 1.165) is 5.56 Å². The normalized spacial score (nSPS) is 12.9. The molecule has 118 valence electrons. The second kappa shape index (κ2) is 7.26. The molecule has 1 N–H and O–H groups in total. The summed E-state index contributed by atoms with van der Waals surface area (Å²) < 4.78 is 33.1. The van der Waals surface area contributed by atoms with Crippen molar-refractivity contribution in [3.63, 3.8) is 0 Å². The lowest BCUT2D eigenvalue weighted by Gasteiger charge is -2.14. The zero-order valence-electron chi connectivity index (χ0n) is 12.4. The summed E-state index contributed by atoms with van der Waals surface area (Å²) in [5.74, 6) is 0.689. The molecule has 2 rings (SSSR count). The molecular weight excluding hydrogens is 366 g/mol. The SMILES string of the molecule is COc1ccc(S(=O)(=O)NCC(C)c2ccccc2)cc1Br. The van der Waals surface area contributed by atoms with Gasteiger partial charge in [0.15, 0.2) is 0 Å². The maximum atomic E-state index is 12.3. The van der Waals surface area contributed by atoms with Crippen molar-refractivity contribution in [2.24, 2.45) is 0 Å². The van der Waals surface area contributed by atoms with Gasteiger partial charge in [-0.1, -0.05) is 37.3 Å². The van der Waals surface area contributed by atoms with Gasteiger partial charge in [-0.2, -0.15) is 0 Å². The first-order chi connectivity index (χ1) is 10.4. The number of ether oxygens (including phenoxy) is 1. The average molecular weight is 384 g/mol. The van der Waals surface area contributed by atoms with Gasteiger partial charge in [0.1, 0.15) is 5.75 Å². The minimum atomic E-state index is -3.55. The monoisotopic (exact) mass is 383 g/mol. The highest BCUT2D eigenvalue weighted by Crippen LogP contribution is 2.27. The predicted octanol–water partition coefficient (Wildman–Crippen LogP) is 3.54. The lowest BCUT2D eigenvalue weighted by molar-refractivity contribution is 0.411. The number of nitrogens with one attached hydrogen (secondary N) is 1. The fourth-order valence-electron chi connectivity index (χ4n) is 2.03. The second-order valence-corrected chi connectivity index (χ2v) is 7.58. The third-order valence-corrected chi connectivity index (χ3v) is 5.42. The van der Waals surface area contributed by atoms with Gasteiger partial charge < -0.3 is 4.74 Å². The van der Waals surface area contributed by atoms with Crippen molar-refractivity contribution in [2.45, 2.75) is 17.7 Å². The lowest BCUT2D eigenvalue weighted by atomic mass is 10.0. The van der Waals surface area contributed by atoms with Crippen LogP contribution in [-0.2, 0) is 10.0 Å². The van der Waals surface area contributed by atoms with Gasteiger partial charge >= 0.3 is 0 Å². The number of methoxy groups -OCH3 is 1. The summed E-state index contributed by atoms with van der Waals surface area (Å²) in [4.78, 5) is 0.209. The molecule has 0 bridgehead atoms. The van der Waals surface area contributed by atoms with Crippen molar-refractivity contribution >= 4 is 26.0 Å². The topological polar surface area (TPSA) is 55.4 Å². The number of sulfonamides is 1. The molecule has 0 aliphatic carbocycles. The number of hydrogen-bond acceptors (Lipinski definition) is 3. The minimum Gasteiger partial charge on any atom is -0.496 e. The molecule has 1 atom stereocenters. The van der Waals surface area contributed by atoms with Crippen molar-refractivity contribution in [3.05, 3.63) is 58.6 Å². The van der Waals surface area contributed by atoms with Gasteiger partial charge in [-0.15, -0.1) is 0 Å². The van der Waals surface area contributed by atoms with Crippen LogP contribution in [0.1, 0.15) is 18.4 Å². The molecule has 0 aliphatic rings. The van der Waals surface area contributed by atoms with Gasteiger partial charge in [-0.05, 0) is 45.6 Å². The summed E-state index contributed by atoms with van der Waals surface area (Å²) in [7, 11) is -2.01. The van der Waals surface area contributed by atoms with E-state index in [1.54, 1.807) is 6.07 Å². The smallest absolute Gasteiger partial charge is 0.240 e. The Morgan fingerprint density at radius 1 is 1.18 bits per heavy atom. The van der Waals surface area contributed by atoms with Crippen LogP contribution in [0.2, 0.25) is 0 Å². The van der Waals surface area contributed by atoms with Crippen LogP contribution in [0.25, 0.3) is 0 Å². The summed E-state index contributed by atoms with van der Waals surface area (Å²) >= 11 is 3.30. The third kappa shape index (κ3) is 4.09. The van der Waals surface area contributed by atoms with Crippen molar-refractivity contribution in [1.29, 1.82) is 0 Å². The molecule has 0 aliphatic heterocycles. The van der Waals surface area contributed by atoms with Crippen molar-refractivity contribution in [3.8, 4) is 5.75 Å². The Morgan fingerprint density at radius 3 is 2.45 bits per heavy atom. The number of hydrogen-bond donors (Lipinski definition) is 1. The van der Waals surface area contributed by atoms with E-state index in [1.165, 1.54) is 19.2 Å². The van der Waals surface area contributed by atoms with Crippen molar-refractivity contribution < 1.29 is 13.2 Å². The highest BCUT2D eigenvalue weighted by Gasteiger charge is 2.17. The Labute approximate surface area is 139 Å². The summed E-state index contributed by atoms with van der Waals surface area (Å²) in [6.45, 7) is 2.33. The second-order valence-electron chi connectivity index (χ2n) is 4.96. The predicted molar refractivity (Wildman–Crippen MR) is 90.7 cm³/mol. The van der Waals surface area contributed by atoms with E-state index in [2.05, 4.69) is 20.7 Å². The molecule has 0 fully saturated rings. The number of halogens is 1. The van der Waals surface area contributed by atoms with E-state index in [4.69, 9.17) is 4.74 Å². The van der Waals surface area contributed by atoms with Gasteiger partial charge in [0.05, 0.1) is 16.5 Å². The van der Waals surface area contributed by atoms with Crippen LogP contribution in [0.5, 0.6) is 5.75 Å². The molecule has 0 spiro atoms. The van der Waals surface area contributed by atoms with Crippen LogP contribution in [0.3, 0.4) is 0 Å². The highest BCUT2D eigenvalue weighted by atomic mass is 79.9. The molecule has 0 radical (unpaired) electrons. The van der Waals surface area contributed by atoms with Gasteiger partial charge in [0, 0.05) is 6.54 Å². The Bertz CT molecular complexity index is 732. The first-order valence-corrected chi connectivity index (χ1v) is 9.10. The molecule has 22 heavy (non-hydrogen) atoms. The molecule has 0 amide bonds. The zero-order chi connectivity index (χ0) is 16.2. The molecule has 4 nitrogen and oxygen atoms in total. The van der Waals surface area contributed by atoms with Crippen molar-refractivity contribution in [1.82, 2.24) is 4.72 Å². The van der Waals surface area contributed by atoms with Crippen LogP contribution in [-0.4, -0.2) is 22.1 Å². The number of benzene rings is 2. The maximum Gasteiger partial charge on any atom is 0.240 e. The summed E-state index contributed by atoms with van der Waals surface area (Å²) in [6, 6.07) is 14.5. The van der Waals surface area contributed by atoms with Gasteiger partial charge in [0.2, 0.25) is 10.0 Å². The fourth-order valence-corrected chi connectivity index (χ4v) is 3.88. The number of rotatable bonds is 6. The average Bonchev–Trinajstić information content (AvgIpc) is 2.53. The molecule has 0 aromatic heterocycles. The standard InChI is InChI=1S/C16H18BrNO3S/c1-12(13-6-4-3-5-7-13)11-18-22(19,20)14-8-9-16(21-2)15(17)10-14/h3-10,12,18H,11H2,1-2H3. The van der Waals surface area contributed by atoms with Crippen LogP contribution in [0.4, 0.5) is 0 Å². The zero-order valence-corrected chi connectivity index (χ0v) is 14.8. The van der Waals surface area contributed by atoms with Crippen LogP contribution < -0.4 is 9.46 Å². The van der Waals surface area contributed by atoms with Crippen LogP contribution in [0.15, 0.2) is 57.9 Å². The van der Waals surface area contributed by atoms with Gasteiger partial charge in [-0.3, -0.25) is 0 Å². The lowest BCUT2D eigenvalue weighted by Crippen LogP contribution is -2.27. The molecule has 2 aromatic carbocycles. The van der Waals surface area contributed by atoms with E-state index in [0.29, 0.717) is 16.8 Å². The first kappa shape index (κ1) is 17.0. The first-order valence-electron chi connectivity index (χ1n) is 6.82. The fraction of sp³-hybridized carbons (Fsp3) is 0.250. The molecule has 6 heteroatoms. The Morgan fingerprint density at radius 2 is 1.86 bits per heavy atom. The Kier molecular flexibility index (Phi) is 5.61. The third-order valence-electron chi connectivity index (χ3n) is 3.38. The highest BCUT2D eigenvalue weighted by molar-refractivity contribution is 9.10. The molecular formula is C16H18BrNO3S. The minimum absolute atomic E-state index is 0.0951. The molecule has 1 unspecified atom stereocenters. The molecule has 0 heterocycles. The summed E-state index contributed by atoms with van der Waals surface area (Å²) in [5.41, 5.74) is 1.10. The molecule has 0 saturated heterocycles. The van der Waals surface area contributed by atoms with Crippen LogP contribution in [0, 0.1) is 0 Å². The van der Waals surface area contributed by atoms with E-state index in [-0.39, 0.29) is 10.8 Å². The Balaban J connectivity index is 2.10. The summed E-state index contributed by atoms with van der Waals surface area (Å²) in [5, 5.41) is 0. The van der Waals surface area contributed by atoms with E-state index in [9.17, 15) is 8.42 Å². The van der Waals surface area contributed by atoms with Gasteiger partial charge in [-0.25, -0.2) is 13.1 Å². The summed E-state index contributed by atoms with van der Waals surface area (Å²) in [6.07, 6.45) is 0. The van der Waals surface area contributed by atoms with E-state index >= 15 is 0 Å². The van der Waals surface area contributed by atoms with E-state index in [1.807, 2.05) is 37.3 Å². The molecule has 2 aromatic rings. The van der Waals surface area contributed by atoms with E-state index < -0.39 is 10.0 Å². The van der Waals surface area contributed by atoms with Crippen molar-refractivity contribution in [2.75, 3.05) is 13.7 Å². The Hall–Kier alpha value is -1.37.